The first kappa shape index (κ1) is 12.7. The van der Waals surface area contributed by atoms with Gasteiger partial charge < -0.3 is 15.6 Å². The molecule has 0 saturated carbocycles. The molecule has 0 aliphatic carbocycles. The van der Waals surface area contributed by atoms with Gasteiger partial charge in [-0.2, -0.15) is 0 Å². The Bertz CT molecular complexity index is 551. The quantitative estimate of drug-likeness (QED) is 0.889. The van der Waals surface area contributed by atoms with E-state index in [0.717, 1.165) is 5.69 Å². The Labute approximate surface area is 110 Å². The molecule has 3 N–H and O–H groups in total. The van der Waals surface area contributed by atoms with Gasteiger partial charge in [-0.25, -0.2) is 0 Å². The number of anilines is 1. The summed E-state index contributed by atoms with van der Waals surface area (Å²) in [4.78, 5) is 11.8. The highest BCUT2D eigenvalue weighted by atomic mass is 35.5. The molecule has 0 aliphatic heterocycles. The maximum absolute atomic E-state index is 11.8. The summed E-state index contributed by atoms with van der Waals surface area (Å²) >= 11 is 5.85. The summed E-state index contributed by atoms with van der Waals surface area (Å²) < 4.78 is 1.82. The summed E-state index contributed by atoms with van der Waals surface area (Å²) in [6.45, 7) is 0.656. The van der Waals surface area contributed by atoms with E-state index in [4.69, 9.17) is 17.3 Å². The second-order valence-electron chi connectivity index (χ2n) is 3.89. The lowest BCUT2D eigenvalue weighted by Gasteiger charge is -2.09. The number of amides is 1. The van der Waals surface area contributed by atoms with E-state index in [-0.39, 0.29) is 12.5 Å². The van der Waals surface area contributed by atoms with Crippen molar-refractivity contribution in [1.82, 2.24) is 4.57 Å². The minimum Gasteiger partial charge on any atom is -0.341 e. The molecule has 0 saturated heterocycles. The smallest absolute Gasteiger partial charge is 0.244 e. The number of nitrogens with one attached hydrogen (secondary N) is 1. The average molecular weight is 264 g/mol. The fourth-order valence-electron chi connectivity index (χ4n) is 1.71. The number of hydrogen-bond donors (Lipinski definition) is 2. The van der Waals surface area contributed by atoms with Gasteiger partial charge in [-0.05, 0) is 30.3 Å². The number of carbonyl (C=O) groups is 1. The van der Waals surface area contributed by atoms with Crippen molar-refractivity contribution >= 4 is 23.2 Å². The maximum Gasteiger partial charge on any atom is 0.244 e. The summed E-state index contributed by atoms with van der Waals surface area (Å²) in [7, 11) is 0. The van der Waals surface area contributed by atoms with Gasteiger partial charge in [0.15, 0.2) is 0 Å². The molecule has 0 atom stereocenters. The highest BCUT2D eigenvalue weighted by Crippen LogP contribution is 2.15. The van der Waals surface area contributed by atoms with Crippen molar-refractivity contribution in [2.75, 3.05) is 5.32 Å². The highest BCUT2D eigenvalue weighted by Gasteiger charge is 2.06. The van der Waals surface area contributed by atoms with Gasteiger partial charge >= 0.3 is 0 Å². The van der Waals surface area contributed by atoms with E-state index < -0.39 is 0 Å². The molecule has 0 unspecified atom stereocenters. The van der Waals surface area contributed by atoms with Crippen molar-refractivity contribution in [1.29, 1.82) is 0 Å². The highest BCUT2D eigenvalue weighted by molar-refractivity contribution is 6.30. The number of rotatable bonds is 4. The van der Waals surface area contributed by atoms with Crippen molar-refractivity contribution in [2.24, 2.45) is 5.73 Å². The van der Waals surface area contributed by atoms with Crippen LogP contribution >= 0.6 is 11.6 Å². The van der Waals surface area contributed by atoms with Gasteiger partial charge in [0.25, 0.3) is 0 Å². The molecule has 1 aromatic carbocycles. The number of nitrogens with zero attached hydrogens (tertiary/aromatic N) is 1. The fraction of sp³-hybridized carbons (Fsp3) is 0.154. The summed E-state index contributed by atoms with van der Waals surface area (Å²) in [6.07, 6.45) is 1.83. The first-order valence-electron chi connectivity index (χ1n) is 5.58. The number of halogens is 1. The van der Waals surface area contributed by atoms with Crippen molar-refractivity contribution in [3.05, 3.63) is 53.3 Å². The third-order valence-corrected chi connectivity index (χ3v) is 2.79. The molecule has 18 heavy (non-hydrogen) atoms. The molecule has 0 bridgehead atoms. The van der Waals surface area contributed by atoms with Gasteiger partial charge in [-0.15, -0.1) is 0 Å². The van der Waals surface area contributed by atoms with Crippen LogP contribution in [0, 0.1) is 0 Å². The Morgan fingerprint density at radius 2 is 2.17 bits per heavy atom. The second kappa shape index (κ2) is 5.71. The van der Waals surface area contributed by atoms with Crippen LogP contribution in [-0.4, -0.2) is 10.5 Å². The van der Waals surface area contributed by atoms with Crippen LogP contribution in [0.1, 0.15) is 5.69 Å². The average Bonchev–Trinajstić information content (AvgIpc) is 2.76. The molecule has 1 heterocycles. The molecule has 5 heteroatoms. The van der Waals surface area contributed by atoms with E-state index in [1.54, 1.807) is 24.3 Å². The Morgan fingerprint density at radius 1 is 1.33 bits per heavy atom. The van der Waals surface area contributed by atoms with E-state index in [9.17, 15) is 4.79 Å². The molecular weight excluding hydrogens is 250 g/mol. The maximum atomic E-state index is 11.8. The zero-order chi connectivity index (χ0) is 13.0. The van der Waals surface area contributed by atoms with Gasteiger partial charge in [0.1, 0.15) is 6.54 Å². The van der Waals surface area contributed by atoms with Gasteiger partial charge in [0.05, 0.1) is 0 Å². The Morgan fingerprint density at radius 3 is 2.89 bits per heavy atom. The van der Waals surface area contributed by atoms with E-state index >= 15 is 0 Å². The fourth-order valence-corrected chi connectivity index (χ4v) is 1.90. The molecule has 1 aromatic heterocycles. The van der Waals surface area contributed by atoms with Gasteiger partial charge in [0.2, 0.25) is 5.91 Å². The first-order chi connectivity index (χ1) is 8.69. The number of nitrogens with two attached hydrogens (primary N) is 1. The Hall–Kier alpha value is -1.78. The number of hydrogen-bond acceptors (Lipinski definition) is 2. The summed E-state index contributed by atoms with van der Waals surface area (Å²) in [6, 6.07) is 10.8. The van der Waals surface area contributed by atoms with Crippen LogP contribution < -0.4 is 11.1 Å². The third kappa shape index (κ3) is 3.12. The van der Waals surface area contributed by atoms with E-state index in [0.29, 0.717) is 17.3 Å². The van der Waals surface area contributed by atoms with Gasteiger partial charge in [-0.3, -0.25) is 4.79 Å². The van der Waals surface area contributed by atoms with Gasteiger partial charge in [-0.1, -0.05) is 17.7 Å². The summed E-state index contributed by atoms with van der Waals surface area (Å²) in [5.41, 5.74) is 7.19. The predicted octanol–water partition coefficient (Wildman–Crippen LogP) is 2.24. The minimum atomic E-state index is -0.108. The number of carbonyl (C=O) groups excluding carboxylic acids is 1. The third-order valence-electron chi connectivity index (χ3n) is 2.55. The molecule has 2 aromatic rings. The summed E-state index contributed by atoms with van der Waals surface area (Å²) in [5.74, 6) is -0.108. The van der Waals surface area contributed by atoms with Gasteiger partial charge in [0, 0.05) is 29.1 Å². The molecule has 2 rings (SSSR count). The molecular formula is C13H14ClN3O. The van der Waals surface area contributed by atoms with Crippen LogP contribution in [0.2, 0.25) is 5.02 Å². The topological polar surface area (TPSA) is 60.0 Å². The van der Waals surface area contributed by atoms with Crippen LogP contribution in [0.4, 0.5) is 5.69 Å². The molecule has 0 aliphatic rings. The predicted molar refractivity (Wildman–Crippen MR) is 72.4 cm³/mol. The van der Waals surface area contributed by atoms with E-state index in [1.165, 1.54) is 0 Å². The van der Waals surface area contributed by atoms with Crippen LogP contribution in [0.25, 0.3) is 0 Å². The van der Waals surface area contributed by atoms with Crippen LogP contribution in [0.5, 0.6) is 0 Å². The van der Waals surface area contributed by atoms with Crippen molar-refractivity contribution < 1.29 is 4.79 Å². The van der Waals surface area contributed by atoms with E-state index in [1.807, 2.05) is 22.9 Å². The molecule has 0 fully saturated rings. The standard InChI is InChI=1S/C13H14ClN3O/c14-10-3-1-4-11(7-10)16-13(18)9-17-6-2-5-12(17)8-15/h1-7H,8-9,15H2,(H,16,18). The number of benzene rings is 1. The number of aromatic nitrogens is 1. The molecule has 0 spiro atoms. The lowest BCUT2D eigenvalue weighted by Crippen LogP contribution is -2.20. The zero-order valence-corrected chi connectivity index (χ0v) is 10.5. The Kier molecular flexibility index (Phi) is 4.02. The second-order valence-corrected chi connectivity index (χ2v) is 4.33. The van der Waals surface area contributed by atoms with Crippen LogP contribution in [0.3, 0.4) is 0 Å². The summed E-state index contributed by atoms with van der Waals surface area (Å²) in [5, 5.41) is 3.38. The largest absolute Gasteiger partial charge is 0.341 e. The monoisotopic (exact) mass is 263 g/mol. The SMILES string of the molecule is NCc1cccn1CC(=O)Nc1cccc(Cl)c1. The molecule has 0 radical (unpaired) electrons. The van der Waals surface area contributed by atoms with Crippen molar-refractivity contribution in [3.8, 4) is 0 Å². The normalized spacial score (nSPS) is 10.3. The molecule has 4 nitrogen and oxygen atoms in total. The molecule has 94 valence electrons. The lowest BCUT2D eigenvalue weighted by atomic mass is 10.3. The molecule has 1 amide bonds. The van der Waals surface area contributed by atoms with E-state index in [2.05, 4.69) is 5.32 Å². The first-order valence-corrected chi connectivity index (χ1v) is 5.96. The zero-order valence-electron chi connectivity index (χ0n) is 9.77. The van der Waals surface area contributed by atoms with Crippen molar-refractivity contribution in [3.63, 3.8) is 0 Å². The van der Waals surface area contributed by atoms with Crippen LogP contribution in [-0.2, 0) is 17.9 Å². The lowest BCUT2D eigenvalue weighted by molar-refractivity contribution is -0.116. The van der Waals surface area contributed by atoms with Crippen LogP contribution in [0.15, 0.2) is 42.6 Å². The minimum absolute atomic E-state index is 0.108. The Balaban J connectivity index is 2.01. The van der Waals surface area contributed by atoms with Crippen molar-refractivity contribution in [2.45, 2.75) is 13.1 Å².